The number of unbranched alkanes of at least 4 members (excludes halogenated alkanes) is 8. The summed E-state index contributed by atoms with van der Waals surface area (Å²) in [6.07, 6.45) is 14.2. The van der Waals surface area contributed by atoms with E-state index < -0.39 is 9.49 Å². The van der Waals surface area contributed by atoms with Gasteiger partial charge in [-0.3, -0.25) is 19.4 Å². The summed E-state index contributed by atoms with van der Waals surface area (Å²) in [6, 6.07) is 80.7. The Morgan fingerprint density at radius 2 is 1.03 bits per heavy atom. The molecule has 2 unspecified atom stereocenters. The smallest absolute Gasteiger partial charge is 0.306 e. The second kappa shape index (κ2) is 33.9. The van der Waals surface area contributed by atoms with E-state index >= 15 is 0 Å². The van der Waals surface area contributed by atoms with E-state index in [0.29, 0.717) is 31.8 Å². The van der Waals surface area contributed by atoms with Gasteiger partial charge in [-0.05, 0) is 87.9 Å². The van der Waals surface area contributed by atoms with E-state index in [1.54, 1.807) is 7.11 Å². The van der Waals surface area contributed by atoms with Crippen LogP contribution in [0.5, 0.6) is 0 Å². The number of ether oxygens (including phenoxy) is 1. The van der Waals surface area contributed by atoms with Crippen LogP contribution in [0.25, 0.3) is 10.8 Å². The molecular weight excluding hydrogens is 1150 g/mol. The van der Waals surface area contributed by atoms with Gasteiger partial charge in [0.2, 0.25) is 5.91 Å². The summed E-state index contributed by atoms with van der Waals surface area (Å²) in [6.45, 7) is 7.41. The molecule has 8 aromatic rings. The van der Waals surface area contributed by atoms with Crippen LogP contribution in [-0.4, -0.2) is 96.9 Å². The van der Waals surface area contributed by atoms with Gasteiger partial charge in [-0.2, -0.15) is 0 Å². The van der Waals surface area contributed by atoms with Gasteiger partial charge in [-0.1, -0.05) is 295 Å². The Balaban J connectivity index is 0.905. The van der Waals surface area contributed by atoms with E-state index in [2.05, 4.69) is 253 Å². The Hall–Kier alpha value is -6.95. The summed E-state index contributed by atoms with van der Waals surface area (Å²) >= 11 is 3.81. The number of hydrogen-bond donors (Lipinski definition) is 1. The highest BCUT2D eigenvalue weighted by Gasteiger charge is 2.55. The zero-order chi connectivity index (χ0) is 62.2. The van der Waals surface area contributed by atoms with E-state index in [1.165, 1.54) is 88.2 Å². The van der Waals surface area contributed by atoms with Gasteiger partial charge >= 0.3 is 5.97 Å². The zero-order valence-electron chi connectivity index (χ0n) is 53.4. The first-order valence-corrected chi connectivity index (χ1v) is 35.5. The van der Waals surface area contributed by atoms with Crippen LogP contribution < -0.4 is 5.32 Å². The van der Waals surface area contributed by atoms with Crippen LogP contribution in [0.1, 0.15) is 149 Å². The topological polar surface area (TPSA) is 83.5 Å². The largest absolute Gasteiger partial charge is 0.461 e. The van der Waals surface area contributed by atoms with Crippen LogP contribution in [0, 0.1) is 5.92 Å². The highest BCUT2D eigenvalue weighted by molar-refractivity contribution is 8.00. The lowest BCUT2D eigenvalue weighted by Gasteiger charge is -2.46. The van der Waals surface area contributed by atoms with Gasteiger partial charge < -0.3 is 14.9 Å². The van der Waals surface area contributed by atoms with Crippen molar-refractivity contribution in [3.63, 3.8) is 0 Å². The van der Waals surface area contributed by atoms with Crippen LogP contribution in [-0.2, 0) is 28.7 Å². The zero-order valence-corrected chi connectivity index (χ0v) is 55.0. The number of piperidine rings is 1. The molecule has 8 nitrogen and oxygen atoms in total. The third-order valence-corrected chi connectivity index (χ3v) is 21.9. The van der Waals surface area contributed by atoms with Crippen molar-refractivity contribution in [2.75, 3.05) is 51.3 Å². The Morgan fingerprint density at radius 3 is 1.53 bits per heavy atom. The molecule has 8 aromatic carbocycles. The molecule has 470 valence electrons. The second-order valence-electron chi connectivity index (χ2n) is 24.6. The van der Waals surface area contributed by atoms with Crippen LogP contribution in [0.3, 0.4) is 0 Å². The number of esters is 1. The van der Waals surface area contributed by atoms with E-state index in [0.717, 1.165) is 63.0 Å². The lowest BCUT2D eigenvalue weighted by atomic mass is 9.72. The van der Waals surface area contributed by atoms with Crippen LogP contribution in [0.15, 0.2) is 230 Å². The number of thioether (sulfide) groups is 2. The van der Waals surface area contributed by atoms with Gasteiger partial charge in [-0.15, -0.1) is 23.5 Å². The number of hydrogen-bond acceptors (Lipinski definition) is 9. The number of carbonyl (C=O) groups is 2. The van der Waals surface area contributed by atoms with Crippen LogP contribution in [0.4, 0.5) is 0 Å². The van der Waals surface area contributed by atoms with Crippen molar-refractivity contribution in [3.05, 3.63) is 263 Å². The summed E-state index contributed by atoms with van der Waals surface area (Å²) in [5.41, 5.74) is 9.56. The maximum absolute atomic E-state index is 14.7. The Labute approximate surface area is 546 Å². The predicted molar refractivity (Wildman–Crippen MR) is 378 cm³/mol. The summed E-state index contributed by atoms with van der Waals surface area (Å²) in [7, 11) is 1.65. The molecule has 0 saturated carbocycles. The van der Waals surface area contributed by atoms with Gasteiger partial charge in [0.15, 0.2) is 0 Å². The number of benzene rings is 8. The highest BCUT2D eigenvalue weighted by Crippen LogP contribution is 2.52. The molecule has 2 bridgehead atoms. The molecule has 0 aromatic heterocycles. The maximum Gasteiger partial charge on any atom is 0.306 e. The number of fused-ring (bicyclic) bond motifs is 3. The number of amides is 1. The van der Waals surface area contributed by atoms with Gasteiger partial charge in [0.05, 0.1) is 27.8 Å². The molecule has 2 aliphatic heterocycles. The molecule has 10 rings (SSSR count). The number of oxime groups is 1. The van der Waals surface area contributed by atoms with E-state index in [-0.39, 0.29) is 48.4 Å². The number of nitrogens with one attached hydrogen (secondary N) is 1. The van der Waals surface area contributed by atoms with Crippen molar-refractivity contribution in [2.24, 2.45) is 11.1 Å². The van der Waals surface area contributed by atoms with Gasteiger partial charge in [0.25, 0.3) is 0 Å². The Bertz CT molecular complexity index is 3260. The second-order valence-corrected chi connectivity index (χ2v) is 27.2. The van der Waals surface area contributed by atoms with Gasteiger partial charge in [-0.25, -0.2) is 0 Å². The van der Waals surface area contributed by atoms with Crippen molar-refractivity contribution >= 4 is 51.9 Å². The standard InChI is InChI=1S/C80H94N4O4S2/c1-4-6-7-8-9-10-11-12-31-49-76(86)88-74-60-71-59-72(64-51-50-62-35-32-33-36-63(62)58-64)77(73(5-2)82-87-3)78(74)84(71)54-34-53-83(55-57-90-80(68-43-25-16-26-44-68,69-45-27-17-28-46-69)70-47-29-18-30-48-70)61-75(85)81-52-56-89-79(65-37-19-13-20-38-65,66-39-21-14-22-40-66)67-41-23-15-24-42-67/h13-30,32-33,35-48,50-51,58,71-72,74,77-78H,4-12,31,34,49,52-57,59-61H2,1-3H3,(H,81,85)/b82-73+/t71?,72-,74-,77-,78?/m0/s1. The fraction of sp³-hybridized carbons (Fsp3) is 0.388. The Morgan fingerprint density at radius 1 is 0.556 bits per heavy atom. The summed E-state index contributed by atoms with van der Waals surface area (Å²) in [5, 5.41) is 10.7. The molecular formula is C80H94N4O4S2. The molecule has 1 N–H and O–H groups in total. The molecule has 2 aliphatic rings. The first-order valence-electron chi connectivity index (χ1n) is 33.5. The quantitative estimate of drug-likeness (QED) is 0.0138. The Kier molecular flexibility index (Phi) is 24.9. The van der Waals surface area contributed by atoms with E-state index in [9.17, 15) is 9.59 Å². The number of nitrogens with zero attached hydrogens (tertiary/aromatic N) is 3. The lowest BCUT2D eigenvalue weighted by molar-refractivity contribution is -0.151. The molecule has 0 spiro atoms. The number of carbonyl (C=O) groups excluding carboxylic acids is 2. The minimum atomic E-state index is -0.498. The predicted octanol–water partition coefficient (Wildman–Crippen LogP) is 17.9. The molecule has 0 radical (unpaired) electrons. The maximum atomic E-state index is 14.7. The highest BCUT2D eigenvalue weighted by atomic mass is 32.2. The third-order valence-electron chi connectivity index (χ3n) is 18.8. The van der Waals surface area contributed by atoms with E-state index in [4.69, 9.17) is 14.7 Å². The molecule has 2 fully saturated rings. The fourth-order valence-electron chi connectivity index (χ4n) is 14.6. The van der Waals surface area contributed by atoms with Crippen molar-refractivity contribution in [1.29, 1.82) is 0 Å². The minimum Gasteiger partial charge on any atom is -0.461 e. The fourth-order valence-corrected chi connectivity index (χ4v) is 17.5. The van der Waals surface area contributed by atoms with Crippen molar-refractivity contribution in [3.8, 4) is 0 Å². The normalized spacial score (nSPS) is 17.8. The summed E-state index contributed by atoms with van der Waals surface area (Å²) in [4.78, 5) is 39.6. The lowest BCUT2D eigenvalue weighted by Crippen LogP contribution is -2.54. The first-order chi connectivity index (χ1) is 44.4. The molecule has 10 heteroatoms. The van der Waals surface area contributed by atoms with Crippen molar-refractivity contribution in [2.45, 2.75) is 137 Å². The average Bonchev–Trinajstić information content (AvgIpc) is 1.50. The first kappa shape index (κ1) is 66.0. The van der Waals surface area contributed by atoms with Crippen molar-refractivity contribution < 1.29 is 19.2 Å². The number of rotatable bonds is 35. The van der Waals surface area contributed by atoms with Crippen LogP contribution in [0.2, 0.25) is 0 Å². The summed E-state index contributed by atoms with van der Waals surface area (Å²) < 4.78 is 5.77. The monoisotopic (exact) mass is 1240 g/mol. The molecule has 0 aliphatic carbocycles. The average molecular weight is 1240 g/mol. The van der Waals surface area contributed by atoms with Crippen LogP contribution >= 0.6 is 23.5 Å². The minimum absolute atomic E-state index is 0.0180. The molecule has 90 heavy (non-hydrogen) atoms. The SMILES string of the molecule is CCCCCCCCCCCC(=O)O[C@H]1CC2C[C@@H](c3ccc4ccccc4c3)[C@@H](/C(CC)=N/OC)C1N2CCCN(CCSC(c1ccccc1)(c1ccccc1)c1ccccc1)CC(=O)NCCSC(c1ccccc1)(c1ccccc1)c1ccccc1. The van der Waals surface area contributed by atoms with E-state index in [1.807, 2.05) is 23.5 Å². The molecule has 2 saturated heterocycles. The van der Waals surface area contributed by atoms with Crippen molar-refractivity contribution in [1.82, 2.24) is 15.1 Å². The molecule has 5 atom stereocenters. The molecule has 2 heterocycles. The van der Waals surface area contributed by atoms with Gasteiger partial charge in [0.1, 0.15) is 13.2 Å². The third kappa shape index (κ3) is 16.4. The van der Waals surface area contributed by atoms with Gasteiger partial charge in [0, 0.05) is 55.9 Å². The summed E-state index contributed by atoms with van der Waals surface area (Å²) in [5.74, 6) is 1.51. The molecule has 1 amide bonds.